The third-order valence-corrected chi connectivity index (χ3v) is 5.36. The zero-order chi connectivity index (χ0) is 20.1. The number of aryl methyl sites for hydroxylation is 1. The van der Waals surface area contributed by atoms with Crippen LogP contribution in [0.25, 0.3) is 0 Å². The normalized spacial score (nSPS) is 14.2. The summed E-state index contributed by atoms with van der Waals surface area (Å²) in [6.07, 6.45) is 0. The van der Waals surface area contributed by atoms with Crippen LogP contribution < -0.4 is 10.2 Å². The molecule has 0 unspecified atom stereocenters. The number of aromatic nitrogens is 1. The number of pyridine rings is 1. The summed E-state index contributed by atoms with van der Waals surface area (Å²) in [5, 5.41) is 13.3. The Balaban J connectivity index is 1.81. The molecule has 0 spiro atoms. The number of carbonyl (C=O) groups is 1. The van der Waals surface area contributed by atoms with E-state index in [1.54, 1.807) is 0 Å². The van der Waals surface area contributed by atoms with Gasteiger partial charge in [-0.25, -0.2) is 9.37 Å². The molecule has 1 aromatic heterocycles. The van der Waals surface area contributed by atoms with Crippen LogP contribution in [0.2, 0.25) is 0 Å². The van der Waals surface area contributed by atoms with Crippen molar-refractivity contribution in [2.75, 3.05) is 37.0 Å². The summed E-state index contributed by atoms with van der Waals surface area (Å²) in [7, 11) is 0. The van der Waals surface area contributed by atoms with Gasteiger partial charge in [0.15, 0.2) is 0 Å². The average Bonchev–Trinajstić information content (AvgIpc) is 2.68. The Kier molecular flexibility index (Phi) is 6.74. The molecular formula is C20H24FN3O3S. The molecule has 150 valence electrons. The fraction of sp³-hybridized carbons (Fsp3) is 0.400. The summed E-state index contributed by atoms with van der Waals surface area (Å²) in [5.74, 6) is 0.675. The number of anilines is 1. The highest BCUT2D eigenvalue weighted by molar-refractivity contribution is 7.99. The molecule has 1 aliphatic rings. The Morgan fingerprint density at radius 3 is 2.79 bits per heavy atom. The van der Waals surface area contributed by atoms with Gasteiger partial charge in [-0.15, -0.1) is 11.8 Å². The third kappa shape index (κ3) is 4.74. The molecular weight excluding hydrogens is 381 g/mol. The molecule has 0 aliphatic carbocycles. The minimum atomic E-state index is -0.520. The number of phenols is 1. The van der Waals surface area contributed by atoms with E-state index in [1.165, 1.54) is 23.9 Å². The first-order valence-electron chi connectivity index (χ1n) is 9.22. The van der Waals surface area contributed by atoms with Gasteiger partial charge in [0.25, 0.3) is 5.91 Å². The molecule has 0 bridgehead atoms. The maximum absolute atomic E-state index is 13.1. The molecule has 1 amide bonds. The number of halogens is 1. The van der Waals surface area contributed by atoms with E-state index in [0.717, 1.165) is 36.3 Å². The molecule has 0 atom stereocenters. The van der Waals surface area contributed by atoms with Crippen molar-refractivity contribution in [2.24, 2.45) is 0 Å². The summed E-state index contributed by atoms with van der Waals surface area (Å²) < 4.78 is 18.5. The third-order valence-electron chi connectivity index (χ3n) is 4.50. The highest BCUT2D eigenvalue weighted by Gasteiger charge is 2.21. The molecule has 1 aliphatic heterocycles. The second-order valence-corrected chi connectivity index (χ2v) is 7.72. The highest BCUT2D eigenvalue weighted by atomic mass is 32.2. The molecule has 1 saturated heterocycles. The second kappa shape index (κ2) is 9.25. The Labute approximate surface area is 168 Å². The lowest BCUT2D eigenvalue weighted by Gasteiger charge is -2.28. The van der Waals surface area contributed by atoms with Gasteiger partial charge in [-0.2, -0.15) is 0 Å². The molecule has 8 heteroatoms. The number of ether oxygens (including phenoxy) is 1. The monoisotopic (exact) mass is 405 g/mol. The van der Waals surface area contributed by atoms with Crippen molar-refractivity contribution in [2.45, 2.75) is 25.4 Å². The Morgan fingerprint density at radius 1 is 1.36 bits per heavy atom. The number of nitrogens with zero attached hydrogens (tertiary/aromatic N) is 2. The molecule has 2 N–H and O–H groups in total. The number of phenolic OH excluding ortho intramolecular Hbond substituents is 1. The fourth-order valence-electron chi connectivity index (χ4n) is 3.05. The van der Waals surface area contributed by atoms with Gasteiger partial charge in [0.1, 0.15) is 22.4 Å². The number of nitrogens with one attached hydrogen (secondary N) is 1. The van der Waals surface area contributed by atoms with E-state index in [-0.39, 0.29) is 18.2 Å². The number of morpholine rings is 1. The lowest BCUT2D eigenvalue weighted by Crippen LogP contribution is -2.37. The molecule has 1 fully saturated rings. The van der Waals surface area contributed by atoms with Crippen LogP contribution >= 0.6 is 11.8 Å². The number of benzene rings is 1. The van der Waals surface area contributed by atoms with Crippen LogP contribution in [0.15, 0.2) is 29.3 Å². The summed E-state index contributed by atoms with van der Waals surface area (Å²) in [6.45, 7) is 6.90. The van der Waals surface area contributed by atoms with Crippen molar-refractivity contribution >= 4 is 23.5 Å². The molecule has 1 aromatic carbocycles. The maximum atomic E-state index is 13.1. The number of carbonyl (C=O) groups excluding carboxylic acids is 1. The van der Waals surface area contributed by atoms with Crippen molar-refractivity contribution in [3.63, 3.8) is 0 Å². The summed E-state index contributed by atoms with van der Waals surface area (Å²) >= 11 is 1.52. The van der Waals surface area contributed by atoms with Gasteiger partial charge in [0, 0.05) is 31.3 Å². The first-order chi connectivity index (χ1) is 13.5. The quantitative estimate of drug-likeness (QED) is 0.720. The standard InChI is InChI=1S/C20H24FN3O3S/c1-3-28-20-18(13(2)10-17(23-20)24-6-8-27-9-7-24)19(26)22-12-14-4-5-15(21)11-16(14)25/h4-5,10-11,25H,3,6-9,12H2,1-2H3,(H,22,26). The lowest BCUT2D eigenvalue weighted by atomic mass is 10.1. The van der Waals surface area contributed by atoms with Gasteiger partial charge in [-0.1, -0.05) is 13.0 Å². The van der Waals surface area contributed by atoms with Crippen molar-refractivity contribution in [3.05, 3.63) is 46.8 Å². The lowest BCUT2D eigenvalue weighted by molar-refractivity contribution is 0.0946. The van der Waals surface area contributed by atoms with Crippen LogP contribution in [-0.2, 0) is 11.3 Å². The summed E-state index contributed by atoms with van der Waals surface area (Å²) in [4.78, 5) is 19.7. The summed E-state index contributed by atoms with van der Waals surface area (Å²) in [5.41, 5.74) is 1.83. The average molecular weight is 405 g/mol. The van der Waals surface area contributed by atoms with Crippen LogP contribution in [0.1, 0.15) is 28.4 Å². The highest BCUT2D eigenvalue weighted by Crippen LogP contribution is 2.28. The summed E-state index contributed by atoms with van der Waals surface area (Å²) in [6, 6.07) is 5.67. The van der Waals surface area contributed by atoms with Gasteiger partial charge in [-0.05, 0) is 30.4 Å². The zero-order valence-electron chi connectivity index (χ0n) is 16.0. The number of amides is 1. The van der Waals surface area contributed by atoms with Crippen LogP contribution in [0.5, 0.6) is 5.75 Å². The van der Waals surface area contributed by atoms with Crippen molar-refractivity contribution in [1.29, 1.82) is 0 Å². The molecule has 0 radical (unpaired) electrons. The number of hydrogen-bond donors (Lipinski definition) is 2. The molecule has 3 rings (SSSR count). The van der Waals surface area contributed by atoms with Crippen LogP contribution in [0.4, 0.5) is 10.2 Å². The number of thioether (sulfide) groups is 1. The van der Waals surface area contributed by atoms with Gasteiger partial charge in [-0.3, -0.25) is 4.79 Å². The number of aromatic hydroxyl groups is 1. The predicted octanol–water partition coefficient (Wildman–Crippen LogP) is 3.11. The van der Waals surface area contributed by atoms with Gasteiger partial charge < -0.3 is 20.1 Å². The molecule has 2 heterocycles. The van der Waals surface area contributed by atoms with Crippen molar-refractivity contribution in [1.82, 2.24) is 10.3 Å². The Morgan fingerprint density at radius 2 is 2.11 bits per heavy atom. The van der Waals surface area contributed by atoms with Crippen LogP contribution in [0, 0.1) is 12.7 Å². The van der Waals surface area contributed by atoms with E-state index < -0.39 is 5.82 Å². The van der Waals surface area contributed by atoms with E-state index in [9.17, 15) is 14.3 Å². The second-order valence-electron chi connectivity index (χ2n) is 6.47. The minimum Gasteiger partial charge on any atom is -0.507 e. The number of rotatable bonds is 6. The molecule has 28 heavy (non-hydrogen) atoms. The van der Waals surface area contributed by atoms with Gasteiger partial charge in [0.2, 0.25) is 0 Å². The van der Waals surface area contributed by atoms with Crippen LogP contribution in [-0.4, -0.2) is 48.1 Å². The molecule has 6 nitrogen and oxygen atoms in total. The smallest absolute Gasteiger partial charge is 0.254 e. The van der Waals surface area contributed by atoms with Crippen molar-refractivity contribution in [3.8, 4) is 5.75 Å². The van der Waals surface area contributed by atoms with Crippen molar-refractivity contribution < 1.29 is 19.0 Å². The minimum absolute atomic E-state index is 0.103. The van der Waals surface area contributed by atoms with E-state index >= 15 is 0 Å². The number of hydrogen-bond acceptors (Lipinski definition) is 6. The maximum Gasteiger partial charge on any atom is 0.254 e. The Bertz CT molecular complexity index is 857. The largest absolute Gasteiger partial charge is 0.507 e. The van der Waals surface area contributed by atoms with E-state index in [2.05, 4.69) is 10.2 Å². The zero-order valence-corrected chi connectivity index (χ0v) is 16.8. The van der Waals surface area contributed by atoms with Crippen LogP contribution in [0.3, 0.4) is 0 Å². The predicted molar refractivity (Wildman–Crippen MR) is 108 cm³/mol. The van der Waals surface area contributed by atoms with E-state index in [4.69, 9.17) is 9.72 Å². The first-order valence-corrected chi connectivity index (χ1v) is 10.2. The first kappa shape index (κ1) is 20.4. The molecule has 2 aromatic rings. The SMILES string of the molecule is CCSc1nc(N2CCOCC2)cc(C)c1C(=O)NCc1ccc(F)cc1O. The Hall–Kier alpha value is -2.32. The van der Waals surface area contributed by atoms with Gasteiger partial charge >= 0.3 is 0 Å². The topological polar surface area (TPSA) is 74.7 Å². The van der Waals surface area contributed by atoms with Gasteiger partial charge in [0.05, 0.1) is 18.8 Å². The molecule has 0 saturated carbocycles. The van der Waals surface area contributed by atoms with E-state index in [1.807, 2.05) is 19.9 Å². The van der Waals surface area contributed by atoms with E-state index in [0.29, 0.717) is 29.4 Å². The fourth-order valence-corrected chi connectivity index (χ4v) is 3.88.